The van der Waals surface area contributed by atoms with Gasteiger partial charge < -0.3 is 4.90 Å². The van der Waals surface area contributed by atoms with E-state index < -0.39 is 0 Å². The normalized spacial score (nSPS) is 8.25. The van der Waals surface area contributed by atoms with Gasteiger partial charge in [-0.05, 0) is 14.1 Å². The van der Waals surface area contributed by atoms with E-state index in [9.17, 15) is 0 Å². The molecule has 1 N–H and O–H groups in total. The highest BCUT2D eigenvalue weighted by molar-refractivity contribution is 7.80. The number of thiol groups is 1. The highest BCUT2D eigenvalue weighted by Gasteiger charge is 1.80. The molecule has 0 aliphatic carbocycles. The van der Waals surface area contributed by atoms with E-state index in [0.29, 0.717) is 0 Å². The van der Waals surface area contributed by atoms with Crippen LogP contribution in [-0.2, 0) is 0 Å². The molecule has 0 bridgehead atoms. The molecule has 0 unspecified atom stereocenters. The van der Waals surface area contributed by atoms with Gasteiger partial charge in [-0.2, -0.15) is 12.6 Å². The van der Waals surface area contributed by atoms with Crippen LogP contribution in [0.5, 0.6) is 0 Å². The number of halogens is 1. The van der Waals surface area contributed by atoms with Crippen LogP contribution in [0.25, 0.3) is 0 Å². The SMILES string of the molecule is CN(C)CCS.OCl. The van der Waals surface area contributed by atoms with Crippen molar-refractivity contribution in [1.82, 2.24) is 4.90 Å². The minimum absolute atomic E-state index is 0.951. The van der Waals surface area contributed by atoms with Crippen LogP contribution >= 0.6 is 24.5 Å². The molecule has 2 nitrogen and oxygen atoms in total. The lowest BCUT2D eigenvalue weighted by Gasteiger charge is -2.03. The van der Waals surface area contributed by atoms with Crippen molar-refractivity contribution in [2.45, 2.75) is 0 Å². The summed E-state index contributed by atoms with van der Waals surface area (Å²) >= 11 is 7.66. The van der Waals surface area contributed by atoms with Crippen LogP contribution in [0.15, 0.2) is 0 Å². The fraction of sp³-hybridized carbons (Fsp3) is 1.00. The van der Waals surface area contributed by atoms with Crippen LogP contribution in [0.1, 0.15) is 0 Å². The van der Waals surface area contributed by atoms with Crippen molar-refractivity contribution >= 4 is 24.5 Å². The zero-order chi connectivity index (χ0) is 6.99. The first-order valence-electron chi connectivity index (χ1n) is 2.20. The van der Waals surface area contributed by atoms with Gasteiger partial charge in [0.15, 0.2) is 0 Å². The molecule has 0 fully saturated rings. The van der Waals surface area contributed by atoms with Crippen molar-refractivity contribution < 1.29 is 4.66 Å². The van der Waals surface area contributed by atoms with Gasteiger partial charge in [-0.3, -0.25) is 4.66 Å². The molecule has 0 radical (unpaired) electrons. The molecule has 0 rings (SSSR count). The summed E-state index contributed by atoms with van der Waals surface area (Å²) in [4.78, 5) is 2.10. The molecule has 0 aromatic carbocycles. The zero-order valence-corrected chi connectivity index (χ0v) is 6.78. The molecule has 8 heavy (non-hydrogen) atoms. The van der Waals surface area contributed by atoms with E-state index in [-0.39, 0.29) is 0 Å². The smallest absolute Gasteiger partial charge is 0.0579 e. The lowest BCUT2D eigenvalue weighted by atomic mass is 10.7. The summed E-state index contributed by atoms with van der Waals surface area (Å²) in [6.07, 6.45) is 0. The third-order valence-corrected chi connectivity index (χ3v) is 0.747. The molecule has 0 saturated heterocycles. The summed E-state index contributed by atoms with van der Waals surface area (Å²) in [5.74, 6) is 0.951. The second-order valence-electron chi connectivity index (χ2n) is 1.53. The Balaban J connectivity index is 0. The summed E-state index contributed by atoms with van der Waals surface area (Å²) in [7, 11) is 4.08. The Morgan fingerprint density at radius 2 is 1.88 bits per heavy atom. The van der Waals surface area contributed by atoms with Crippen molar-refractivity contribution in [3.63, 3.8) is 0 Å². The van der Waals surface area contributed by atoms with E-state index in [1.807, 2.05) is 14.1 Å². The predicted molar refractivity (Wildman–Crippen MR) is 40.5 cm³/mol. The molecule has 0 aromatic rings. The van der Waals surface area contributed by atoms with Crippen LogP contribution in [0, 0.1) is 0 Å². The Labute approximate surface area is 61.0 Å². The molecule has 52 valence electrons. The molecule has 0 amide bonds. The van der Waals surface area contributed by atoms with E-state index in [1.165, 1.54) is 0 Å². The molecule has 0 atom stereocenters. The maximum atomic E-state index is 6.47. The van der Waals surface area contributed by atoms with Crippen molar-refractivity contribution in [3.05, 3.63) is 0 Å². The standard InChI is InChI=1S/C4H11NS.ClHO/c1-5(2)3-4-6;1-2/h6H,3-4H2,1-2H3;2H. The van der Waals surface area contributed by atoms with Crippen LogP contribution in [0.2, 0.25) is 0 Å². The van der Waals surface area contributed by atoms with E-state index in [0.717, 1.165) is 12.3 Å². The van der Waals surface area contributed by atoms with Gasteiger partial charge in [-0.1, -0.05) is 0 Å². The van der Waals surface area contributed by atoms with Crippen LogP contribution < -0.4 is 0 Å². The number of hydrogen-bond acceptors (Lipinski definition) is 3. The van der Waals surface area contributed by atoms with E-state index >= 15 is 0 Å². The largest absolute Gasteiger partial charge is 0.309 e. The van der Waals surface area contributed by atoms with Gasteiger partial charge in [0.25, 0.3) is 0 Å². The minimum atomic E-state index is 0.951. The van der Waals surface area contributed by atoms with Gasteiger partial charge in [0, 0.05) is 12.3 Å². The molecule has 4 heteroatoms. The lowest BCUT2D eigenvalue weighted by Crippen LogP contribution is -2.13. The Morgan fingerprint density at radius 1 is 1.50 bits per heavy atom. The zero-order valence-electron chi connectivity index (χ0n) is 5.13. The monoisotopic (exact) mass is 157 g/mol. The fourth-order valence-corrected chi connectivity index (χ4v) is 0.600. The third kappa shape index (κ3) is 16.0. The van der Waals surface area contributed by atoms with Gasteiger partial charge >= 0.3 is 0 Å². The Hall–Kier alpha value is 0.560. The average molecular weight is 158 g/mol. The Bertz CT molecular complexity index is 37.2. The third-order valence-electron chi connectivity index (χ3n) is 0.547. The van der Waals surface area contributed by atoms with Crippen molar-refractivity contribution in [1.29, 1.82) is 0 Å². The van der Waals surface area contributed by atoms with E-state index in [1.54, 1.807) is 0 Å². The summed E-state index contributed by atoms with van der Waals surface area (Å²) in [5, 5.41) is 0. The number of nitrogens with zero attached hydrogens (tertiary/aromatic N) is 1. The summed E-state index contributed by atoms with van der Waals surface area (Å²) in [5.41, 5.74) is 0. The molecular weight excluding hydrogens is 146 g/mol. The van der Waals surface area contributed by atoms with Gasteiger partial charge in [-0.15, -0.1) is 0 Å². The topological polar surface area (TPSA) is 23.5 Å². The van der Waals surface area contributed by atoms with Crippen LogP contribution in [0.3, 0.4) is 0 Å². The van der Waals surface area contributed by atoms with Crippen molar-refractivity contribution in [2.24, 2.45) is 0 Å². The Morgan fingerprint density at radius 3 is 1.88 bits per heavy atom. The number of rotatable bonds is 2. The molecule has 0 spiro atoms. The molecule has 0 saturated carbocycles. The van der Waals surface area contributed by atoms with Crippen molar-refractivity contribution in [3.8, 4) is 0 Å². The van der Waals surface area contributed by atoms with E-state index in [2.05, 4.69) is 29.4 Å². The van der Waals surface area contributed by atoms with Gasteiger partial charge in [0.1, 0.15) is 0 Å². The quantitative estimate of drug-likeness (QED) is 0.574. The summed E-state index contributed by atoms with van der Waals surface area (Å²) in [6.45, 7) is 1.07. The molecular formula is C4H12ClNOS. The second-order valence-corrected chi connectivity index (χ2v) is 1.97. The Kier molecular flexibility index (Phi) is 15.0. The molecule has 0 aromatic heterocycles. The van der Waals surface area contributed by atoms with Gasteiger partial charge in [0.2, 0.25) is 0 Å². The van der Waals surface area contributed by atoms with Crippen LogP contribution in [0.4, 0.5) is 0 Å². The lowest BCUT2D eigenvalue weighted by molar-refractivity contribution is 0.438. The fourth-order valence-electron chi connectivity index (χ4n) is 0.200. The van der Waals surface area contributed by atoms with E-state index in [4.69, 9.17) is 4.66 Å². The average Bonchev–Trinajstić information content (AvgIpc) is 1.72. The second kappa shape index (κ2) is 10.5. The minimum Gasteiger partial charge on any atom is -0.309 e. The molecule has 0 aliphatic rings. The molecule has 0 aliphatic heterocycles. The van der Waals surface area contributed by atoms with Gasteiger partial charge in [-0.25, -0.2) is 0 Å². The summed E-state index contributed by atoms with van der Waals surface area (Å²) < 4.78 is 6.47. The van der Waals surface area contributed by atoms with Crippen molar-refractivity contribution in [2.75, 3.05) is 26.4 Å². The maximum Gasteiger partial charge on any atom is 0.0579 e. The van der Waals surface area contributed by atoms with Crippen LogP contribution in [-0.4, -0.2) is 36.0 Å². The predicted octanol–water partition coefficient (Wildman–Crippen LogP) is 0.610. The first-order chi connectivity index (χ1) is 3.77. The van der Waals surface area contributed by atoms with Gasteiger partial charge in [0.05, 0.1) is 11.9 Å². The highest BCUT2D eigenvalue weighted by atomic mass is 35.5. The maximum absolute atomic E-state index is 6.47. The summed E-state index contributed by atoms with van der Waals surface area (Å²) in [6, 6.07) is 0. The molecule has 0 heterocycles. The number of hydrogen-bond donors (Lipinski definition) is 2. The first kappa shape index (κ1) is 11.4. The highest BCUT2D eigenvalue weighted by Crippen LogP contribution is 1.74. The first-order valence-corrected chi connectivity index (χ1v) is 3.17.